The average Bonchev–Trinajstić information content (AvgIpc) is 2.82. The van der Waals surface area contributed by atoms with Crippen molar-refractivity contribution in [1.29, 1.82) is 0 Å². The Morgan fingerprint density at radius 3 is 2.61 bits per heavy atom. The minimum atomic E-state index is -0.563. The van der Waals surface area contributed by atoms with Crippen LogP contribution < -0.4 is 15.6 Å². The molecule has 0 atom stereocenters. The molecule has 1 heterocycles. The van der Waals surface area contributed by atoms with E-state index in [1.54, 1.807) is 19.9 Å². The Morgan fingerprint density at radius 2 is 2.00 bits per heavy atom. The number of halogens is 2. The Bertz CT molecular complexity index is 745. The van der Waals surface area contributed by atoms with E-state index < -0.39 is 17.6 Å². The number of carbonyl (C=O) groups excluding carboxylic acids is 2. The van der Waals surface area contributed by atoms with Gasteiger partial charge in [0.1, 0.15) is 23.1 Å². The van der Waals surface area contributed by atoms with Crippen LogP contribution in [0.4, 0.5) is 4.39 Å². The van der Waals surface area contributed by atoms with Gasteiger partial charge in [0, 0.05) is 0 Å². The smallest absolute Gasteiger partial charge is 0.276 e. The van der Waals surface area contributed by atoms with Crippen molar-refractivity contribution in [2.24, 2.45) is 0 Å². The third-order valence-corrected chi connectivity index (χ3v) is 3.47. The van der Waals surface area contributed by atoms with Crippen LogP contribution in [-0.2, 0) is 4.79 Å². The summed E-state index contributed by atoms with van der Waals surface area (Å²) in [4.78, 5) is 23.5. The van der Waals surface area contributed by atoms with Gasteiger partial charge in [0.05, 0.1) is 10.0 Å². The van der Waals surface area contributed by atoms with Crippen molar-refractivity contribution in [3.05, 3.63) is 51.6 Å². The monoisotopic (exact) mass is 384 g/mol. The predicted molar refractivity (Wildman–Crippen MR) is 83.4 cm³/mol. The first-order chi connectivity index (χ1) is 10.9. The molecule has 0 spiro atoms. The lowest BCUT2D eigenvalue weighted by molar-refractivity contribution is -0.123. The highest BCUT2D eigenvalue weighted by Crippen LogP contribution is 2.25. The van der Waals surface area contributed by atoms with Crippen LogP contribution in [0.5, 0.6) is 5.75 Å². The minimum Gasteiger partial charge on any atom is -0.483 e. The van der Waals surface area contributed by atoms with Crippen molar-refractivity contribution in [2.75, 3.05) is 6.61 Å². The second-order valence-corrected chi connectivity index (χ2v) is 5.55. The number of hydrazine groups is 1. The molecule has 0 aliphatic heterocycles. The van der Waals surface area contributed by atoms with Gasteiger partial charge in [-0.1, -0.05) is 0 Å². The molecule has 23 heavy (non-hydrogen) atoms. The normalized spacial score (nSPS) is 10.3. The summed E-state index contributed by atoms with van der Waals surface area (Å²) in [5.41, 5.74) is 4.82. The number of hydrogen-bond acceptors (Lipinski definition) is 4. The molecule has 2 aromatic rings. The van der Waals surface area contributed by atoms with Gasteiger partial charge in [-0.2, -0.15) is 0 Å². The second kappa shape index (κ2) is 7.28. The van der Waals surface area contributed by atoms with Crippen LogP contribution in [0.25, 0.3) is 0 Å². The number of carbonyl (C=O) groups is 2. The van der Waals surface area contributed by atoms with Crippen molar-refractivity contribution in [3.8, 4) is 5.75 Å². The summed E-state index contributed by atoms with van der Waals surface area (Å²) in [5.74, 6) is -0.104. The van der Waals surface area contributed by atoms with Crippen molar-refractivity contribution in [2.45, 2.75) is 13.8 Å². The predicted octanol–water partition coefficient (Wildman–Crippen LogP) is 2.64. The summed E-state index contributed by atoms with van der Waals surface area (Å²) in [6, 6.07) is 5.40. The largest absolute Gasteiger partial charge is 0.483 e. The molecule has 0 saturated carbocycles. The summed E-state index contributed by atoms with van der Waals surface area (Å²) in [6.45, 7) is 3.03. The maximum atomic E-state index is 12.9. The lowest BCUT2D eigenvalue weighted by Gasteiger charge is -2.09. The number of ether oxygens (including phenoxy) is 1. The van der Waals surface area contributed by atoms with Crippen LogP contribution in [0.1, 0.15) is 21.9 Å². The van der Waals surface area contributed by atoms with E-state index in [4.69, 9.17) is 9.15 Å². The molecule has 0 saturated heterocycles. The molecule has 2 rings (SSSR count). The van der Waals surface area contributed by atoms with Crippen molar-refractivity contribution >= 4 is 27.7 Å². The Hall–Kier alpha value is -2.35. The van der Waals surface area contributed by atoms with Gasteiger partial charge < -0.3 is 9.15 Å². The highest BCUT2D eigenvalue weighted by molar-refractivity contribution is 9.10. The molecule has 0 radical (unpaired) electrons. The number of nitrogens with one attached hydrogen (secondary N) is 2. The van der Waals surface area contributed by atoms with E-state index in [0.29, 0.717) is 27.3 Å². The summed E-state index contributed by atoms with van der Waals surface area (Å²) in [6.07, 6.45) is 0. The lowest BCUT2D eigenvalue weighted by Crippen LogP contribution is -2.43. The fourth-order valence-corrected chi connectivity index (χ4v) is 2.29. The van der Waals surface area contributed by atoms with Gasteiger partial charge >= 0.3 is 0 Å². The Morgan fingerprint density at radius 1 is 1.26 bits per heavy atom. The van der Waals surface area contributed by atoms with E-state index in [9.17, 15) is 14.0 Å². The maximum absolute atomic E-state index is 12.9. The zero-order chi connectivity index (χ0) is 17.0. The molecule has 6 nitrogen and oxygen atoms in total. The molecule has 0 bridgehead atoms. The highest BCUT2D eigenvalue weighted by Gasteiger charge is 2.14. The number of amides is 2. The standard InChI is InChI=1S/C15H14BrFN2O4/c1-8-5-11(9(2)23-8)15(21)19-18-14(20)7-22-13-4-3-10(17)6-12(13)16/h3-6H,7H2,1-2H3,(H,18,20)(H,19,21). The molecule has 0 aliphatic rings. The quantitative estimate of drug-likeness (QED) is 0.794. The van der Waals surface area contributed by atoms with Gasteiger partial charge in [-0.15, -0.1) is 0 Å². The van der Waals surface area contributed by atoms with Gasteiger partial charge in [-0.25, -0.2) is 4.39 Å². The Labute approximate surface area is 140 Å². The van der Waals surface area contributed by atoms with Crippen LogP contribution in [-0.4, -0.2) is 18.4 Å². The van der Waals surface area contributed by atoms with E-state index in [0.717, 1.165) is 0 Å². The zero-order valence-electron chi connectivity index (χ0n) is 12.4. The van der Waals surface area contributed by atoms with E-state index in [-0.39, 0.29) is 6.61 Å². The van der Waals surface area contributed by atoms with Crippen LogP contribution >= 0.6 is 15.9 Å². The summed E-state index contributed by atoms with van der Waals surface area (Å²) in [7, 11) is 0. The Balaban J connectivity index is 1.83. The molecule has 1 aromatic carbocycles. The number of benzene rings is 1. The lowest BCUT2D eigenvalue weighted by atomic mass is 10.2. The van der Waals surface area contributed by atoms with E-state index in [1.165, 1.54) is 18.2 Å². The van der Waals surface area contributed by atoms with Gasteiger partial charge in [0.25, 0.3) is 11.8 Å². The molecule has 2 N–H and O–H groups in total. The molecule has 0 unspecified atom stereocenters. The average molecular weight is 385 g/mol. The molecular weight excluding hydrogens is 371 g/mol. The fourth-order valence-electron chi connectivity index (χ4n) is 1.82. The summed E-state index contributed by atoms with van der Waals surface area (Å²) >= 11 is 3.12. The van der Waals surface area contributed by atoms with Crippen molar-refractivity contribution in [3.63, 3.8) is 0 Å². The molecule has 0 aliphatic carbocycles. The first kappa shape index (κ1) is 17.0. The van der Waals surface area contributed by atoms with Crippen LogP contribution in [0, 0.1) is 19.7 Å². The van der Waals surface area contributed by atoms with E-state index in [1.807, 2.05) is 0 Å². The Kier molecular flexibility index (Phi) is 5.38. The molecule has 2 amide bonds. The first-order valence-electron chi connectivity index (χ1n) is 6.61. The van der Waals surface area contributed by atoms with E-state index >= 15 is 0 Å². The highest BCUT2D eigenvalue weighted by atomic mass is 79.9. The fraction of sp³-hybridized carbons (Fsp3) is 0.200. The summed E-state index contributed by atoms with van der Waals surface area (Å²) < 4.78 is 23.8. The van der Waals surface area contributed by atoms with Gasteiger partial charge in [0.15, 0.2) is 6.61 Å². The minimum absolute atomic E-state index is 0.314. The maximum Gasteiger partial charge on any atom is 0.276 e. The van der Waals surface area contributed by atoms with Crippen LogP contribution in [0.3, 0.4) is 0 Å². The number of aryl methyl sites for hydroxylation is 2. The number of hydrogen-bond donors (Lipinski definition) is 2. The molecule has 1 aromatic heterocycles. The molecule has 122 valence electrons. The first-order valence-corrected chi connectivity index (χ1v) is 7.40. The molecule has 8 heteroatoms. The third-order valence-electron chi connectivity index (χ3n) is 2.85. The summed E-state index contributed by atoms with van der Waals surface area (Å²) in [5, 5.41) is 0. The van der Waals surface area contributed by atoms with Gasteiger partial charge in [-0.3, -0.25) is 20.4 Å². The van der Waals surface area contributed by atoms with Crippen molar-refractivity contribution in [1.82, 2.24) is 10.9 Å². The molecular formula is C15H14BrFN2O4. The number of furan rings is 1. The van der Waals surface area contributed by atoms with Crippen LogP contribution in [0.15, 0.2) is 33.2 Å². The van der Waals surface area contributed by atoms with Gasteiger partial charge in [0.2, 0.25) is 0 Å². The van der Waals surface area contributed by atoms with Crippen LogP contribution in [0.2, 0.25) is 0 Å². The topological polar surface area (TPSA) is 80.6 Å². The SMILES string of the molecule is Cc1cc(C(=O)NNC(=O)COc2ccc(F)cc2Br)c(C)o1. The van der Waals surface area contributed by atoms with E-state index in [2.05, 4.69) is 26.8 Å². The van der Waals surface area contributed by atoms with Gasteiger partial charge in [-0.05, 0) is 54.0 Å². The molecule has 0 fully saturated rings. The zero-order valence-corrected chi connectivity index (χ0v) is 14.0. The third kappa shape index (κ3) is 4.56. The second-order valence-electron chi connectivity index (χ2n) is 4.69. The van der Waals surface area contributed by atoms with Crippen molar-refractivity contribution < 1.29 is 23.1 Å². The number of rotatable bonds is 4.